The van der Waals surface area contributed by atoms with Gasteiger partial charge in [0.15, 0.2) is 0 Å². The van der Waals surface area contributed by atoms with Crippen LogP contribution in [0.4, 0.5) is 0 Å². The number of benzene rings is 1. The van der Waals surface area contributed by atoms with Crippen molar-refractivity contribution < 1.29 is 14.3 Å². The number of nitrogens with one attached hydrogen (secondary N) is 3. The summed E-state index contributed by atoms with van der Waals surface area (Å²) in [5.41, 5.74) is 1.33. The Hall–Kier alpha value is -2.21. The van der Waals surface area contributed by atoms with Gasteiger partial charge in [-0.15, -0.1) is 0 Å². The monoisotopic (exact) mass is 289 g/mol. The van der Waals surface area contributed by atoms with Crippen molar-refractivity contribution in [2.24, 2.45) is 0 Å². The predicted molar refractivity (Wildman–Crippen MR) is 80.1 cm³/mol. The van der Waals surface area contributed by atoms with E-state index < -0.39 is 0 Å². The molecule has 1 amide bonds. The molecule has 1 atom stereocenters. The molecule has 1 aromatic carbocycles. The van der Waals surface area contributed by atoms with Crippen molar-refractivity contribution in [3.05, 3.63) is 23.9 Å². The Kier molecular flexibility index (Phi) is 3.70. The highest BCUT2D eigenvalue weighted by atomic mass is 16.5. The third-order valence-corrected chi connectivity index (χ3v) is 3.76. The van der Waals surface area contributed by atoms with Crippen molar-refractivity contribution in [3.63, 3.8) is 0 Å². The second kappa shape index (κ2) is 5.65. The van der Waals surface area contributed by atoms with Gasteiger partial charge in [-0.2, -0.15) is 0 Å². The maximum atomic E-state index is 12.3. The van der Waals surface area contributed by atoms with Gasteiger partial charge in [-0.3, -0.25) is 4.79 Å². The topological polar surface area (TPSA) is 75.4 Å². The normalized spacial score (nSPS) is 17.9. The predicted octanol–water partition coefficient (Wildman–Crippen LogP) is 1.28. The van der Waals surface area contributed by atoms with Gasteiger partial charge in [0.1, 0.15) is 17.2 Å². The molecule has 6 nitrogen and oxygen atoms in total. The summed E-state index contributed by atoms with van der Waals surface area (Å²) in [7, 11) is 3.20. The second-order valence-corrected chi connectivity index (χ2v) is 5.14. The van der Waals surface area contributed by atoms with Gasteiger partial charge in [0.25, 0.3) is 5.91 Å². The maximum absolute atomic E-state index is 12.3. The first-order chi connectivity index (χ1) is 10.2. The third kappa shape index (κ3) is 2.67. The van der Waals surface area contributed by atoms with Gasteiger partial charge in [-0.25, -0.2) is 0 Å². The number of hydrogen-bond acceptors (Lipinski definition) is 4. The fourth-order valence-electron chi connectivity index (χ4n) is 2.63. The highest BCUT2D eigenvalue weighted by Crippen LogP contribution is 2.31. The Bertz CT molecular complexity index is 659. The minimum absolute atomic E-state index is 0.0964. The van der Waals surface area contributed by atoms with Crippen LogP contribution < -0.4 is 20.1 Å². The standard InChI is InChI=1S/C15H19N3O3/c1-20-11-5-9-6-12(18-14(9)13(7-11)21-2)15(19)17-10-3-4-16-8-10/h5-7,10,16,18H,3-4,8H2,1-2H3,(H,17,19). The largest absolute Gasteiger partial charge is 0.497 e. The van der Waals surface area contributed by atoms with E-state index in [2.05, 4.69) is 15.6 Å². The first kappa shape index (κ1) is 13.8. The summed E-state index contributed by atoms with van der Waals surface area (Å²) >= 11 is 0. The molecule has 0 radical (unpaired) electrons. The van der Waals surface area contributed by atoms with Crippen LogP contribution in [0.3, 0.4) is 0 Å². The first-order valence-corrected chi connectivity index (χ1v) is 6.97. The number of carbonyl (C=O) groups is 1. The molecule has 1 fully saturated rings. The SMILES string of the molecule is COc1cc(OC)c2[nH]c(C(=O)NC3CCNC3)cc2c1. The van der Waals surface area contributed by atoms with E-state index in [4.69, 9.17) is 9.47 Å². The van der Waals surface area contributed by atoms with E-state index in [-0.39, 0.29) is 11.9 Å². The molecule has 3 N–H and O–H groups in total. The van der Waals surface area contributed by atoms with Gasteiger partial charge >= 0.3 is 0 Å². The molecule has 3 rings (SSSR count). The molecular formula is C15H19N3O3. The molecule has 6 heteroatoms. The van der Waals surface area contributed by atoms with Crippen LogP contribution >= 0.6 is 0 Å². The number of rotatable bonds is 4. The van der Waals surface area contributed by atoms with Crippen molar-refractivity contribution >= 4 is 16.8 Å². The number of methoxy groups -OCH3 is 2. The number of aromatic nitrogens is 1. The minimum Gasteiger partial charge on any atom is -0.497 e. The third-order valence-electron chi connectivity index (χ3n) is 3.76. The molecule has 1 aromatic heterocycles. The van der Waals surface area contributed by atoms with Gasteiger partial charge in [0, 0.05) is 24.0 Å². The number of fused-ring (bicyclic) bond motifs is 1. The Labute approximate surface area is 122 Å². The van der Waals surface area contributed by atoms with E-state index >= 15 is 0 Å². The number of carbonyl (C=O) groups excluding carboxylic acids is 1. The summed E-state index contributed by atoms with van der Waals surface area (Å²) in [6.45, 7) is 1.77. The average molecular weight is 289 g/mol. The van der Waals surface area contributed by atoms with E-state index in [1.807, 2.05) is 12.1 Å². The highest BCUT2D eigenvalue weighted by molar-refractivity contribution is 6.00. The molecular weight excluding hydrogens is 270 g/mol. The summed E-state index contributed by atoms with van der Waals surface area (Å²) in [5.74, 6) is 1.26. The van der Waals surface area contributed by atoms with E-state index in [0.29, 0.717) is 17.2 Å². The van der Waals surface area contributed by atoms with Crippen LogP contribution in [0, 0.1) is 0 Å². The summed E-state index contributed by atoms with van der Waals surface area (Å²) in [6, 6.07) is 5.68. The summed E-state index contributed by atoms with van der Waals surface area (Å²) in [5, 5.41) is 7.13. The second-order valence-electron chi connectivity index (χ2n) is 5.14. The zero-order chi connectivity index (χ0) is 14.8. The quantitative estimate of drug-likeness (QED) is 0.792. The van der Waals surface area contributed by atoms with Crippen LogP contribution in [0.15, 0.2) is 18.2 Å². The summed E-state index contributed by atoms with van der Waals surface area (Å²) < 4.78 is 10.6. The lowest BCUT2D eigenvalue weighted by Crippen LogP contribution is -2.36. The van der Waals surface area contributed by atoms with Crippen molar-refractivity contribution in [3.8, 4) is 11.5 Å². The molecule has 1 unspecified atom stereocenters. The van der Waals surface area contributed by atoms with Crippen LogP contribution in [-0.2, 0) is 0 Å². The van der Waals surface area contributed by atoms with E-state index in [1.54, 1.807) is 20.3 Å². The van der Waals surface area contributed by atoms with Crippen LogP contribution in [0.5, 0.6) is 11.5 Å². The average Bonchev–Trinajstić information content (AvgIpc) is 3.14. The molecule has 0 bridgehead atoms. The number of aromatic amines is 1. The Morgan fingerprint density at radius 3 is 2.81 bits per heavy atom. The van der Waals surface area contributed by atoms with E-state index in [1.165, 1.54) is 0 Å². The maximum Gasteiger partial charge on any atom is 0.267 e. The molecule has 0 spiro atoms. The lowest BCUT2D eigenvalue weighted by molar-refractivity contribution is 0.0936. The molecule has 0 saturated carbocycles. The van der Waals surface area contributed by atoms with Crippen molar-refractivity contribution in [2.45, 2.75) is 12.5 Å². The van der Waals surface area contributed by atoms with Crippen molar-refractivity contribution in [1.29, 1.82) is 0 Å². The van der Waals surface area contributed by atoms with Crippen LogP contribution in [-0.4, -0.2) is 44.2 Å². The zero-order valence-corrected chi connectivity index (χ0v) is 12.2. The van der Waals surface area contributed by atoms with Crippen molar-refractivity contribution in [1.82, 2.24) is 15.6 Å². The molecule has 1 aliphatic heterocycles. The minimum atomic E-state index is -0.0964. The molecule has 2 aromatic rings. The summed E-state index contributed by atoms with van der Waals surface area (Å²) in [6.07, 6.45) is 0.961. The summed E-state index contributed by atoms with van der Waals surface area (Å²) in [4.78, 5) is 15.4. The van der Waals surface area contributed by atoms with Crippen LogP contribution in [0.25, 0.3) is 10.9 Å². The smallest absolute Gasteiger partial charge is 0.267 e. The molecule has 1 saturated heterocycles. The van der Waals surface area contributed by atoms with Crippen LogP contribution in [0.1, 0.15) is 16.9 Å². The fraction of sp³-hybridized carbons (Fsp3) is 0.400. The molecule has 2 heterocycles. The first-order valence-electron chi connectivity index (χ1n) is 6.97. The van der Waals surface area contributed by atoms with Gasteiger partial charge in [-0.1, -0.05) is 0 Å². The molecule has 21 heavy (non-hydrogen) atoms. The van der Waals surface area contributed by atoms with Gasteiger partial charge in [-0.05, 0) is 25.1 Å². The van der Waals surface area contributed by atoms with Crippen LogP contribution in [0.2, 0.25) is 0 Å². The molecule has 112 valence electrons. The van der Waals surface area contributed by atoms with Gasteiger partial charge in [0.05, 0.1) is 19.7 Å². The molecule has 0 aliphatic carbocycles. The number of H-pyrrole nitrogens is 1. The number of hydrogen-bond donors (Lipinski definition) is 3. The van der Waals surface area contributed by atoms with Crippen molar-refractivity contribution in [2.75, 3.05) is 27.3 Å². The van der Waals surface area contributed by atoms with Gasteiger partial charge in [0.2, 0.25) is 0 Å². The Balaban J connectivity index is 1.90. The fourth-order valence-corrected chi connectivity index (χ4v) is 2.63. The number of ether oxygens (including phenoxy) is 2. The van der Waals surface area contributed by atoms with E-state index in [0.717, 1.165) is 30.4 Å². The molecule has 1 aliphatic rings. The van der Waals surface area contributed by atoms with Gasteiger partial charge < -0.3 is 25.1 Å². The number of amides is 1. The van der Waals surface area contributed by atoms with E-state index in [9.17, 15) is 4.79 Å². The zero-order valence-electron chi connectivity index (χ0n) is 12.2. The highest BCUT2D eigenvalue weighted by Gasteiger charge is 2.19. The lowest BCUT2D eigenvalue weighted by Gasteiger charge is -2.09. The Morgan fingerprint density at radius 2 is 2.14 bits per heavy atom. The lowest BCUT2D eigenvalue weighted by atomic mass is 10.2. The Morgan fingerprint density at radius 1 is 1.29 bits per heavy atom.